The highest BCUT2D eigenvalue weighted by atomic mass is 19.3. The van der Waals surface area contributed by atoms with Crippen molar-refractivity contribution in [3.63, 3.8) is 0 Å². The second-order valence-corrected chi connectivity index (χ2v) is 11.2. The molecule has 0 spiro atoms. The molecule has 3 N–H and O–H groups in total. The molecular formula is C31H36F4N4O3. The molecule has 2 heterocycles. The molecule has 7 nitrogen and oxygen atoms in total. The van der Waals surface area contributed by atoms with E-state index in [9.17, 15) is 18.0 Å². The maximum atomic E-state index is 15.2. The molecule has 3 atom stereocenters. The standard InChI is InChI=1S/C31H36F4N4O3/c1-2-37-23(18-12-14-21(32)15-13-18)17-24(40)19-8-4-3-5-10-20(11-7-6-9-19)30-38-27-22(29(36)39-30)16-25-28(26(27)33)42-31(34,35)41-25/h12-16,19-20,23,37H,2-11,17H2,1H3,(H2,36,38,39)/t19?,20?,23-/m1/s1. The minimum atomic E-state index is -3.96. The van der Waals surface area contributed by atoms with Gasteiger partial charge in [-0.2, -0.15) is 0 Å². The van der Waals surface area contributed by atoms with Gasteiger partial charge in [0.15, 0.2) is 11.6 Å². The zero-order valence-electron chi connectivity index (χ0n) is 23.6. The number of hydrogen-bond donors (Lipinski definition) is 2. The second kappa shape index (κ2) is 12.8. The second-order valence-electron chi connectivity index (χ2n) is 11.2. The molecule has 42 heavy (non-hydrogen) atoms. The van der Waals surface area contributed by atoms with E-state index in [0.29, 0.717) is 18.8 Å². The number of nitrogen functional groups attached to an aromatic ring is 1. The molecule has 1 saturated carbocycles. The number of aromatic nitrogens is 2. The number of nitrogens with one attached hydrogen (secondary N) is 1. The molecule has 0 radical (unpaired) electrons. The van der Waals surface area contributed by atoms with Crippen molar-refractivity contribution in [3.8, 4) is 11.5 Å². The van der Waals surface area contributed by atoms with Crippen molar-refractivity contribution in [1.82, 2.24) is 15.3 Å². The summed E-state index contributed by atoms with van der Waals surface area (Å²) in [6, 6.07) is 7.31. The predicted octanol–water partition coefficient (Wildman–Crippen LogP) is 7.35. The van der Waals surface area contributed by atoms with Gasteiger partial charge in [0.2, 0.25) is 5.75 Å². The maximum Gasteiger partial charge on any atom is 0.586 e. The number of hydrogen-bond acceptors (Lipinski definition) is 7. The minimum Gasteiger partial charge on any atom is -0.395 e. The van der Waals surface area contributed by atoms with Crippen molar-refractivity contribution in [3.05, 3.63) is 53.4 Å². The number of Topliss-reactive ketones (excluding diaryl/α,β-unsaturated/α-hetero) is 1. The van der Waals surface area contributed by atoms with Gasteiger partial charge in [-0.15, -0.1) is 8.78 Å². The third-order valence-corrected chi connectivity index (χ3v) is 8.26. The summed E-state index contributed by atoms with van der Waals surface area (Å²) in [5.41, 5.74) is 6.87. The number of nitrogens with two attached hydrogens (primary N) is 1. The Hall–Kier alpha value is -3.47. The van der Waals surface area contributed by atoms with Crippen LogP contribution in [0.4, 0.5) is 23.4 Å². The number of alkyl halides is 2. The van der Waals surface area contributed by atoms with Crippen LogP contribution in [0.15, 0.2) is 30.3 Å². The van der Waals surface area contributed by atoms with Crippen molar-refractivity contribution in [2.45, 2.75) is 89.4 Å². The van der Waals surface area contributed by atoms with Crippen LogP contribution in [0.2, 0.25) is 0 Å². The van der Waals surface area contributed by atoms with Crippen LogP contribution in [0.25, 0.3) is 10.9 Å². The van der Waals surface area contributed by atoms with Gasteiger partial charge in [0, 0.05) is 29.7 Å². The summed E-state index contributed by atoms with van der Waals surface area (Å²) in [5.74, 6) is -2.04. The van der Waals surface area contributed by atoms with E-state index in [1.165, 1.54) is 18.2 Å². The highest BCUT2D eigenvalue weighted by molar-refractivity contribution is 5.91. The van der Waals surface area contributed by atoms with Crippen molar-refractivity contribution in [2.75, 3.05) is 12.3 Å². The van der Waals surface area contributed by atoms with Gasteiger partial charge in [0.25, 0.3) is 0 Å². The number of ether oxygens (including phenoxy) is 2. The Morgan fingerprint density at radius 3 is 2.40 bits per heavy atom. The van der Waals surface area contributed by atoms with Crippen LogP contribution >= 0.6 is 0 Å². The Morgan fingerprint density at radius 2 is 1.69 bits per heavy atom. The van der Waals surface area contributed by atoms with Crippen LogP contribution in [-0.2, 0) is 4.79 Å². The largest absolute Gasteiger partial charge is 0.586 e. The highest BCUT2D eigenvalue weighted by Crippen LogP contribution is 2.46. The predicted molar refractivity (Wildman–Crippen MR) is 150 cm³/mol. The van der Waals surface area contributed by atoms with E-state index in [-0.39, 0.29) is 46.2 Å². The molecule has 3 aromatic rings. The van der Waals surface area contributed by atoms with Crippen molar-refractivity contribution in [1.29, 1.82) is 0 Å². The first-order valence-corrected chi connectivity index (χ1v) is 14.7. The Balaban J connectivity index is 1.27. The van der Waals surface area contributed by atoms with Crippen molar-refractivity contribution < 1.29 is 31.8 Å². The van der Waals surface area contributed by atoms with E-state index in [1.807, 2.05) is 6.92 Å². The summed E-state index contributed by atoms with van der Waals surface area (Å²) < 4.78 is 64.5. The molecule has 2 aromatic carbocycles. The number of carbonyl (C=O) groups excluding carboxylic acids is 1. The summed E-state index contributed by atoms with van der Waals surface area (Å²) in [5, 5.41) is 3.45. The molecule has 0 bridgehead atoms. The SMILES string of the molecule is CCN[C@H](CC(=O)C1CCCCCC(c2nc(N)c3cc4c(c(F)c3n2)OC(F)(F)O4)CCCC1)c1ccc(F)cc1. The van der Waals surface area contributed by atoms with Gasteiger partial charge in [0.1, 0.15) is 28.8 Å². The van der Waals surface area contributed by atoms with Gasteiger partial charge in [-0.25, -0.2) is 18.7 Å². The number of carbonyl (C=O) groups is 1. The van der Waals surface area contributed by atoms with Gasteiger partial charge in [-0.05, 0) is 56.0 Å². The van der Waals surface area contributed by atoms with Gasteiger partial charge >= 0.3 is 6.29 Å². The quantitative estimate of drug-likeness (QED) is 0.279. The Kier molecular flexibility index (Phi) is 9.15. The van der Waals surface area contributed by atoms with E-state index in [0.717, 1.165) is 63.4 Å². The first kappa shape index (κ1) is 30.0. The zero-order valence-corrected chi connectivity index (χ0v) is 23.6. The molecular weight excluding hydrogens is 552 g/mol. The summed E-state index contributed by atoms with van der Waals surface area (Å²) >= 11 is 0. The molecule has 0 saturated heterocycles. The lowest BCUT2D eigenvalue weighted by Gasteiger charge is -2.22. The van der Waals surface area contributed by atoms with E-state index >= 15 is 4.39 Å². The first-order chi connectivity index (χ1) is 20.1. The molecule has 226 valence electrons. The van der Waals surface area contributed by atoms with Crippen molar-refractivity contribution in [2.24, 2.45) is 5.92 Å². The van der Waals surface area contributed by atoms with Crippen LogP contribution in [0.3, 0.4) is 0 Å². The first-order valence-electron chi connectivity index (χ1n) is 14.7. The van der Waals surface area contributed by atoms with Gasteiger partial charge in [-0.1, -0.05) is 51.2 Å². The molecule has 1 fully saturated rings. The molecule has 1 aliphatic heterocycles. The summed E-state index contributed by atoms with van der Waals surface area (Å²) in [6.45, 7) is 2.68. The lowest BCUT2D eigenvalue weighted by molar-refractivity contribution is -0.287. The fourth-order valence-electron chi connectivity index (χ4n) is 6.07. The lowest BCUT2D eigenvalue weighted by Crippen LogP contribution is -2.26. The van der Waals surface area contributed by atoms with Crippen LogP contribution in [0.5, 0.6) is 11.5 Å². The Morgan fingerprint density at radius 1 is 1.02 bits per heavy atom. The number of benzene rings is 2. The number of nitrogens with zero attached hydrogens (tertiary/aromatic N) is 2. The van der Waals surface area contributed by atoms with Crippen molar-refractivity contribution >= 4 is 22.5 Å². The number of ketones is 1. The van der Waals surface area contributed by atoms with Gasteiger partial charge < -0.3 is 20.5 Å². The summed E-state index contributed by atoms with van der Waals surface area (Å²) in [6.07, 6.45) is 3.81. The number of halogens is 4. The van der Waals surface area contributed by atoms with E-state index < -0.39 is 23.6 Å². The fourth-order valence-corrected chi connectivity index (χ4v) is 6.07. The fraction of sp³-hybridized carbons (Fsp3) is 0.516. The van der Waals surface area contributed by atoms with Crippen LogP contribution < -0.4 is 20.5 Å². The monoisotopic (exact) mass is 588 g/mol. The topological polar surface area (TPSA) is 99.4 Å². The van der Waals surface area contributed by atoms with Gasteiger partial charge in [0.05, 0.1) is 0 Å². The summed E-state index contributed by atoms with van der Waals surface area (Å²) in [7, 11) is 0. The minimum absolute atomic E-state index is 0.00751. The van der Waals surface area contributed by atoms with E-state index in [4.69, 9.17) is 5.73 Å². The maximum absolute atomic E-state index is 15.2. The average Bonchev–Trinajstić information content (AvgIpc) is 3.24. The number of fused-ring (bicyclic) bond motifs is 2. The normalized spacial score (nSPS) is 21.5. The third-order valence-electron chi connectivity index (χ3n) is 8.26. The molecule has 0 amide bonds. The van der Waals surface area contributed by atoms with Crippen LogP contribution in [-0.4, -0.2) is 28.6 Å². The average molecular weight is 589 g/mol. The molecule has 11 heteroatoms. The highest BCUT2D eigenvalue weighted by Gasteiger charge is 2.46. The zero-order chi connectivity index (χ0) is 29.9. The lowest BCUT2D eigenvalue weighted by atomic mass is 9.87. The Labute approximate surface area is 242 Å². The molecule has 1 aliphatic carbocycles. The Bertz CT molecular complexity index is 1420. The molecule has 2 aliphatic rings. The van der Waals surface area contributed by atoms with Crippen LogP contribution in [0, 0.1) is 17.6 Å². The van der Waals surface area contributed by atoms with E-state index in [1.54, 1.807) is 12.1 Å². The smallest absolute Gasteiger partial charge is 0.395 e. The van der Waals surface area contributed by atoms with E-state index in [2.05, 4.69) is 24.8 Å². The summed E-state index contributed by atoms with van der Waals surface area (Å²) in [4.78, 5) is 22.3. The number of anilines is 1. The number of rotatable bonds is 7. The van der Waals surface area contributed by atoms with Gasteiger partial charge in [-0.3, -0.25) is 4.79 Å². The molecule has 2 unspecified atom stereocenters. The molecule has 5 rings (SSSR count). The molecule has 1 aromatic heterocycles. The van der Waals surface area contributed by atoms with Crippen LogP contribution in [0.1, 0.15) is 94.5 Å². The third kappa shape index (κ3) is 6.77.